The van der Waals surface area contributed by atoms with Crippen molar-refractivity contribution in [2.24, 2.45) is 5.10 Å². The molecule has 1 heterocycles. The zero-order chi connectivity index (χ0) is 16.1. The van der Waals surface area contributed by atoms with Gasteiger partial charge in [-0.2, -0.15) is 5.10 Å². The number of hydrogen-bond acceptors (Lipinski definition) is 5. The third-order valence-electron chi connectivity index (χ3n) is 3.44. The van der Waals surface area contributed by atoms with Gasteiger partial charge in [0.1, 0.15) is 10.8 Å². The van der Waals surface area contributed by atoms with E-state index in [1.807, 2.05) is 31.0 Å². The van der Waals surface area contributed by atoms with Crippen molar-refractivity contribution in [3.63, 3.8) is 0 Å². The summed E-state index contributed by atoms with van der Waals surface area (Å²) in [5, 5.41) is 8.26. The summed E-state index contributed by atoms with van der Waals surface area (Å²) in [4.78, 5) is 12.5. The molecule has 0 N–H and O–H groups in total. The van der Waals surface area contributed by atoms with Crippen LogP contribution >= 0.6 is 11.8 Å². The molecule has 0 bridgehead atoms. The van der Waals surface area contributed by atoms with Crippen molar-refractivity contribution in [1.29, 1.82) is 0 Å². The highest BCUT2D eigenvalue weighted by molar-refractivity contribution is 8.17. The molecule has 22 heavy (non-hydrogen) atoms. The molecule has 1 aromatic carbocycles. The first-order valence-electron chi connectivity index (χ1n) is 7.46. The van der Waals surface area contributed by atoms with Crippen molar-refractivity contribution in [2.45, 2.75) is 33.6 Å². The topological polar surface area (TPSA) is 41.9 Å². The second-order valence-corrected chi connectivity index (χ2v) is 6.44. The Morgan fingerprint density at radius 2 is 2.18 bits per heavy atom. The minimum atomic E-state index is -0.0211. The third kappa shape index (κ3) is 3.91. The van der Waals surface area contributed by atoms with Gasteiger partial charge in [0.2, 0.25) is 0 Å². The quantitative estimate of drug-likeness (QED) is 0.582. The smallest absolute Gasteiger partial charge is 0.188 e. The highest BCUT2D eigenvalue weighted by atomic mass is 32.2. The highest BCUT2D eigenvalue weighted by Gasteiger charge is 2.20. The van der Waals surface area contributed by atoms with Crippen LogP contribution in [0.2, 0.25) is 0 Å². The maximum atomic E-state index is 12.5. The molecule has 4 nitrogen and oxygen atoms in total. The lowest BCUT2D eigenvalue weighted by atomic mass is 10.1. The number of rotatable bonds is 6. The van der Waals surface area contributed by atoms with Gasteiger partial charge in [-0.3, -0.25) is 9.80 Å². The summed E-state index contributed by atoms with van der Waals surface area (Å²) < 4.78 is 5.29. The van der Waals surface area contributed by atoms with Crippen LogP contribution in [-0.2, 0) is 0 Å². The molecule has 0 amide bonds. The lowest BCUT2D eigenvalue weighted by molar-refractivity contribution is 0.104. The van der Waals surface area contributed by atoms with E-state index in [-0.39, 0.29) is 5.78 Å². The van der Waals surface area contributed by atoms with Gasteiger partial charge in [0.15, 0.2) is 5.78 Å². The van der Waals surface area contributed by atoms with Gasteiger partial charge in [-0.05, 0) is 31.9 Å². The van der Waals surface area contributed by atoms with Crippen molar-refractivity contribution >= 4 is 22.6 Å². The van der Waals surface area contributed by atoms with Crippen molar-refractivity contribution in [3.05, 3.63) is 40.4 Å². The molecule has 0 radical (unpaired) electrons. The number of methoxy groups -OCH3 is 1. The van der Waals surface area contributed by atoms with Gasteiger partial charge < -0.3 is 4.74 Å². The van der Waals surface area contributed by atoms with Crippen LogP contribution in [-0.4, -0.2) is 29.5 Å². The fourth-order valence-electron chi connectivity index (χ4n) is 2.18. The fourth-order valence-corrected chi connectivity index (χ4v) is 3.03. The number of allylic oxidation sites excluding steroid dienone is 1. The number of hydrazone groups is 1. The fraction of sp³-hybridized carbons (Fsp3) is 0.412. The molecule has 0 saturated carbocycles. The summed E-state index contributed by atoms with van der Waals surface area (Å²) in [6.07, 6.45) is 3.83. The number of thioether (sulfide) groups is 1. The van der Waals surface area contributed by atoms with Gasteiger partial charge in [-0.25, -0.2) is 0 Å². The minimum Gasteiger partial charge on any atom is -0.496 e. The largest absolute Gasteiger partial charge is 0.496 e. The Balaban J connectivity index is 2.19. The molecule has 118 valence electrons. The van der Waals surface area contributed by atoms with E-state index in [2.05, 4.69) is 12.0 Å². The van der Waals surface area contributed by atoms with Crippen LogP contribution in [0.3, 0.4) is 0 Å². The maximum Gasteiger partial charge on any atom is 0.188 e. The number of aryl methyl sites for hydroxylation is 1. The summed E-state index contributed by atoms with van der Waals surface area (Å²) in [7, 11) is 1.62. The van der Waals surface area contributed by atoms with Crippen LogP contribution in [0.4, 0.5) is 0 Å². The van der Waals surface area contributed by atoms with E-state index in [4.69, 9.17) is 4.74 Å². The molecule has 0 fully saturated rings. The number of unbranched alkanes of at least 4 members (excludes halogenated alkanes) is 1. The Bertz CT molecular complexity index is 623. The Labute approximate surface area is 136 Å². The van der Waals surface area contributed by atoms with E-state index in [1.165, 1.54) is 0 Å². The molecule has 0 saturated heterocycles. The third-order valence-corrected chi connectivity index (χ3v) is 4.35. The van der Waals surface area contributed by atoms with Gasteiger partial charge in [-0.1, -0.05) is 37.2 Å². The molecule has 1 aromatic rings. The van der Waals surface area contributed by atoms with Crippen LogP contribution in [0.15, 0.2) is 34.4 Å². The average Bonchev–Trinajstić information content (AvgIpc) is 2.85. The Morgan fingerprint density at radius 3 is 2.86 bits per heavy atom. The van der Waals surface area contributed by atoms with Crippen LogP contribution in [0, 0.1) is 6.92 Å². The lowest BCUT2D eigenvalue weighted by Crippen LogP contribution is -2.14. The number of benzene rings is 1. The second-order valence-electron chi connectivity index (χ2n) is 5.23. The van der Waals surface area contributed by atoms with Crippen LogP contribution in [0.25, 0.3) is 0 Å². The number of carbonyl (C=O) groups is 1. The van der Waals surface area contributed by atoms with Crippen LogP contribution in [0.5, 0.6) is 5.75 Å². The number of nitrogens with zero attached hydrogens (tertiary/aromatic N) is 2. The molecule has 0 atom stereocenters. The van der Waals surface area contributed by atoms with E-state index in [0.717, 1.165) is 40.8 Å². The van der Waals surface area contributed by atoms with Crippen molar-refractivity contribution in [1.82, 2.24) is 5.01 Å². The molecule has 0 unspecified atom stereocenters. The molecule has 2 rings (SSSR count). The Hall–Kier alpha value is -1.75. The summed E-state index contributed by atoms with van der Waals surface area (Å²) in [5.41, 5.74) is 1.65. The van der Waals surface area contributed by atoms with Crippen molar-refractivity contribution < 1.29 is 9.53 Å². The first kappa shape index (κ1) is 16.6. The first-order chi connectivity index (χ1) is 10.5. The minimum absolute atomic E-state index is 0.0211. The predicted octanol–water partition coefficient (Wildman–Crippen LogP) is 4.21. The van der Waals surface area contributed by atoms with E-state index in [9.17, 15) is 4.79 Å². The molecule has 1 aliphatic rings. The van der Waals surface area contributed by atoms with Gasteiger partial charge >= 0.3 is 0 Å². The Kier molecular flexibility index (Phi) is 5.66. The maximum absolute atomic E-state index is 12.5. The van der Waals surface area contributed by atoms with Crippen LogP contribution in [0.1, 0.15) is 42.6 Å². The van der Waals surface area contributed by atoms with Gasteiger partial charge in [0.05, 0.1) is 12.2 Å². The van der Waals surface area contributed by atoms with E-state index < -0.39 is 0 Å². The van der Waals surface area contributed by atoms with E-state index in [1.54, 1.807) is 31.0 Å². The second kappa shape index (κ2) is 7.49. The van der Waals surface area contributed by atoms with Gasteiger partial charge in [0.25, 0.3) is 0 Å². The number of carbonyl (C=O) groups excluding carboxylic acids is 1. The highest BCUT2D eigenvalue weighted by Crippen LogP contribution is 2.30. The molecular weight excluding hydrogens is 296 g/mol. The number of ether oxygens (including phenoxy) is 1. The van der Waals surface area contributed by atoms with E-state index >= 15 is 0 Å². The van der Waals surface area contributed by atoms with Crippen LogP contribution < -0.4 is 4.74 Å². The monoisotopic (exact) mass is 318 g/mol. The van der Waals surface area contributed by atoms with E-state index in [0.29, 0.717) is 5.56 Å². The standard InChI is InChI=1S/C17H22N2O2S/c1-5-6-9-19-17(22-13(3)18-19)11-15(20)14-8-7-12(2)16(10-14)21-4/h7-8,10-11H,5-6,9H2,1-4H3/b17-11-. The first-order valence-corrected chi connectivity index (χ1v) is 8.28. The number of ketones is 1. The molecule has 1 aliphatic heterocycles. The van der Waals surface area contributed by atoms with Crippen molar-refractivity contribution in [2.75, 3.05) is 13.7 Å². The molecule has 0 aromatic heterocycles. The van der Waals surface area contributed by atoms with Gasteiger partial charge in [0, 0.05) is 18.2 Å². The zero-order valence-corrected chi connectivity index (χ0v) is 14.4. The predicted molar refractivity (Wildman–Crippen MR) is 92.5 cm³/mol. The normalized spacial score (nSPS) is 16.1. The number of hydrogen-bond donors (Lipinski definition) is 0. The summed E-state index contributed by atoms with van der Waals surface area (Å²) in [6.45, 7) is 6.91. The molecule has 0 spiro atoms. The Morgan fingerprint density at radius 1 is 1.41 bits per heavy atom. The zero-order valence-electron chi connectivity index (χ0n) is 13.5. The lowest BCUT2D eigenvalue weighted by Gasteiger charge is -2.14. The average molecular weight is 318 g/mol. The summed E-state index contributed by atoms with van der Waals surface area (Å²) >= 11 is 1.55. The molecular formula is C17H22N2O2S. The molecule has 0 aliphatic carbocycles. The van der Waals surface area contributed by atoms with Crippen molar-refractivity contribution in [3.8, 4) is 5.75 Å². The summed E-state index contributed by atoms with van der Waals surface area (Å²) in [6, 6.07) is 5.53. The molecule has 5 heteroatoms. The SMILES string of the molecule is CCCCN1N=C(C)S/C1=C\C(=O)c1ccc(C)c(OC)c1. The van der Waals surface area contributed by atoms with Gasteiger partial charge in [-0.15, -0.1) is 0 Å². The summed E-state index contributed by atoms with van der Waals surface area (Å²) in [5.74, 6) is 0.714.